The molecule has 19 heavy (non-hydrogen) atoms. The molecule has 0 aliphatic heterocycles. The molecule has 0 rings (SSSR count). The number of unbranched alkanes of at least 4 members (excludes halogenated alkanes) is 8. The molecule has 0 saturated carbocycles. The van der Waals surface area contributed by atoms with Crippen LogP contribution in [0.5, 0.6) is 0 Å². The average molecular weight is 382 g/mol. The summed E-state index contributed by atoms with van der Waals surface area (Å²) in [5.74, 6) is 0. The molecular weight excluding hydrogens is 351 g/mol. The maximum Gasteiger partial charge on any atom is 0.191 e. The third kappa shape index (κ3) is 16.0. The van der Waals surface area contributed by atoms with Crippen LogP contribution >= 0.6 is 22.6 Å². The molecule has 0 radical (unpaired) electrons. The SMILES string of the molecule is CCCCCCCO/C=C(\I)OCCCCCCC. The van der Waals surface area contributed by atoms with E-state index in [2.05, 4.69) is 36.4 Å². The van der Waals surface area contributed by atoms with Gasteiger partial charge in [-0.05, 0) is 12.8 Å². The maximum absolute atomic E-state index is 5.59. The summed E-state index contributed by atoms with van der Waals surface area (Å²) in [6.07, 6.45) is 14.5. The van der Waals surface area contributed by atoms with Crippen LogP contribution in [0.1, 0.15) is 78.1 Å². The van der Waals surface area contributed by atoms with Gasteiger partial charge in [0, 0.05) is 22.6 Å². The summed E-state index contributed by atoms with van der Waals surface area (Å²) >= 11 is 2.20. The van der Waals surface area contributed by atoms with E-state index in [9.17, 15) is 0 Å². The standard InChI is InChI=1S/C16H31IO2/c1-3-5-7-9-11-13-18-15-16(17)19-14-12-10-8-6-4-2/h15H,3-14H2,1-2H3/b16-15+. The smallest absolute Gasteiger partial charge is 0.191 e. The fourth-order valence-electron chi connectivity index (χ4n) is 1.82. The van der Waals surface area contributed by atoms with Crippen LogP contribution in [0.4, 0.5) is 0 Å². The molecule has 0 saturated heterocycles. The fraction of sp³-hybridized carbons (Fsp3) is 0.875. The molecule has 3 heteroatoms. The first kappa shape index (κ1) is 19.1. The zero-order valence-electron chi connectivity index (χ0n) is 12.8. The van der Waals surface area contributed by atoms with Crippen molar-refractivity contribution in [1.82, 2.24) is 0 Å². The van der Waals surface area contributed by atoms with E-state index < -0.39 is 0 Å². The third-order valence-electron chi connectivity index (χ3n) is 3.03. The van der Waals surface area contributed by atoms with Gasteiger partial charge in [0.15, 0.2) is 3.77 Å². The number of hydrogen-bond donors (Lipinski definition) is 0. The van der Waals surface area contributed by atoms with Gasteiger partial charge in [0.2, 0.25) is 0 Å². The highest BCUT2D eigenvalue weighted by atomic mass is 127. The van der Waals surface area contributed by atoms with Crippen LogP contribution in [-0.4, -0.2) is 13.2 Å². The third-order valence-corrected chi connectivity index (χ3v) is 3.60. The first-order chi connectivity index (χ1) is 9.31. The molecule has 0 aliphatic carbocycles. The minimum Gasteiger partial charge on any atom is -0.497 e. The van der Waals surface area contributed by atoms with E-state index in [1.165, 1.54) is 51.4 Å². The van der Waals surface area contributed by atoms with Gasteiger partial charge in [-0.1, -0.05) is 65.2 Å². The van der Waals surface area contributed by atoms with E-state index in [0.717, 1.165) is 29.8 Å². The quantitative estimate of drug-likeness (QED) is 0.202. The van der Waals surface area contributed by atoms with E-state index >= 15 is 0 Å². The molecule has 2 nitrogen and oxygen atoms in total. The van der Waals surface area contributed by atoms with Crippen molar-refractivity contribution >= 4 is 22.6 Å². The summed E-state index contributed by atoms with van der Waals surface area (Å²) in [6, 6.07) is 0. The van der Waals surface area contributed by atoms with Crippen molar-refractivity contribution in [1.29, 1.82) is 0 Å². The Morgan fingerprint density at radius 3 is 1.89 bits per heavy atom. The van der Waals surface area contributed by atoms with Crippen LogP contribution in [0.2, 0.25) is 0 Å². The summed E-state index contributed by atoms with van der Waals surface area (Å²) in [6.45, 7) is 6.11. The summed E-state index contributed by atoms with van der Waals surface area (Å²) in [5, 5.41) is 0. The van der Waals surface area contributed by atoms with Gasteiger partial charge in [-0.3, -0.25) is 0 Å². The molecule has 0 aromatic rings. The van der Waals surface area contributed by atoms with Crippen molar-refractivity contribution in [3.63, 3.8) is 0 Å². The Hall–Kier alpha value is 0.0700. The molecule has 0 aromatic carbocycles. The van der Waals surface area contributed by atoms with Crippen LogP contribution in [0, 0.1) is 0 Å². The molecule has 0 atom stereocenters. The second kappa shape index (κ2) is 16.1. The number of hydrogen-bond acceptors (Lipinski definition) is 2. The molecule has 0 aliphatic rings. The average Bonchev–Trinajstić information content (AvgIpc) is 2.41. The predicted octanol–water partition coefficient (Wildman–Crippen LogP) is 6.19. The van der Waals surface area contributed by atoms with E-state index in [4.69, 9.17) is 9.47 Å². The van der Waals surface area contributed by atoms with Gasteiger partial charge in [0.25, 0.3) is 0 Å². The molecule has 0 spiro atoms. The monoisotopic (exact) mass is 382 g/mol. The van der Waals surface area contributed by atoms with Gasteiger partial charge in [-0.15, -0.1) is 0 Å². The Kier molecular flexibility index (Phi) is 16.2. The summed E-state index contributed by atoms with van der Waals surface area (Å²) in [4.78, 5) is 0. The lowest BCUT2D eigenvalue weighted by Crippen LogP contribution is -1.93. The topological polar surface area (TPSA) is 18.5 Å². The predicted molar refractivity (Wildman–Crippen MR) is 91.5 cm³/mol. The van der Waals surface area contributed by atoms with Crippen LogP contribution in [0.3, 0.4) is 0 Å². The lowest BCUT2D eigenvalue weighted by Gasteiger charge is -2.06. The highest BCUT2D eigenvalue weighted by Gasteiger charge is 1.94. The van der Waals surface area contributed by atoms with Crippen LogP contribution in [-0.2, 0) is 9.47 Å². The molecule has 0 aromatic heterocycles. The Bertz CT molecular complexity index is 205. The highest BCUT2D eigenvalue weighted by Crippen LogP contribution is 2.11. The second-order valence-corrected chi connectivity index (χ2v) is 6.03. The number of ether oxygens (including phenoxy) is 2. The van der Waals surface area contributed by atoms with Crippen LogP contribution < -0.4 is 0 Å². The van der Waals surface area contributed by atoms with Gasteiger partial charge >= 0.3 is 0 Å². The molecule has 0 bridgehead atoms. The molecule has 0 N–H and O–H groups in total. The minimum absolute atomic E-state index is 0.816. The van der Waals surface area contributed by atoms with Crippen molar-refractivity contribution in [2.45, 2.75) is 78.1 Å². The lowest BCUT2D eigenvalue weighted by molar-refractivity contribution is 0.193. The fourth-order valence-corrected chi connectivity index (χ4v) is 2.22. The minimum atomic E-state index is 0.816. The van der Waals surface area contributed by atoms with Crippen LogP contribution in [0.15, 0.2) is 10.0 Å². The van der Waals surface area contributed by atoms with Crippen molar-refractivity contribution in [2.75, 3.05) is 13.2 Å². The van der Waals surface area contributed by atoms with Gasteiger partial charge in [0.1, 0.15) is 6.26 Å². The van der Waals surface area contributed by atoms with E-state index in [0.29, 0.717) is 0 Å². The second-order valence-electron chi connectivity index (χ2n) is 4.97. The molecular formula is C16H31IO2. The van der Waals surface area contributed by atoms with Gasteiger partial charge < -0.3 is 9.47 Å². The summed E-state index contributed by atoms with van der Waals surface area (Å²) < 4.78 is 11.9. The van der Waals surface area contributed by atoms with Crippen molar-refractivity contribution in [2.24, 2.45) is 0 Å². The first-order valence-corrected chi connectivity index (χ1v) is 8.99. The van der Waals surface area contributed by atoms with Crippen molar-refractivity contribution in [3.8, 4) is 0 Å². The molecule has 0 unspecified atom stereocenters. The summed E-state index contributed by atoms with van der Waals surface area (Å²) in [7, 11) is 0. The summed E-state index contributed by atoms with van der Waals surface area (Å²) in [5.41, 5.74) is 0. The van der Waals surface area contributed by atoms with Crippen molar-refractivity contribution < 1.29 is 9.47 Å². The largest absolute Gasteiger partial charge is 0.497 e. The zero-order valence-corrected chi connectivity index (χ0v) is 14.9. The Labute approximate surface area is 133 Å². The lowest BCUT2D eigenvalue weighted by atomic mass is 10.2. The molecule has 114 valence electrons. The Balaban J connectivity index is 3.25. The normalized spacial score (nSPS) is 11.6. The van der Waals surface area contributed by atoms with Gasteiger partial charge in [-0.2, -0.15) is 0 Å². The molecule has 0 heterocycles. The first-order valence-electron chi connectivity index (χ1n) is 7.91. The van der Waals surface area contributed by atoms with E-state index in [1.54, 1.807) is 6.26 Å². The number of halogens is 1. The zero-order chi connectivity index (χ0) is 14.2. The maximum atomic E-state index is 5.59. The van der Waals surface area contributed by atoms with Gasteiger partial charge in [0.05, 0.1) is 13.2 Å². The van der Waals surface area contributed by atoms with Gasteiger partial charge in [-0.25, -0.2) is 0 Å². The van der Waals surface area contributed by atoms with E-state index in [-0.39, 0.29) is 0 Å². The molecule has 0 fully saturated rings. The van der Waals surface area contributed by atoms with Crippen molar-refractivity contribution in [3.05, 3.63) is 10.0 Å². The number of rotatable bonds is 14. The Morgan fingerprint density at radius 2 is 1.32 bits per heavy atom. The van der Waals surface area contributed by atoms with E-state index in [1.807, 2.05) is 0 Å². The highest BCUT2D eigenvalue weighted by molar-refractivity contribution is 14.1. The van der Waals surface area contributed by atoms with Crippen LogP contribution in [0.25, 0.3) is 0 Å². The molecule has 0 amide bonds. The Morgan fingerprint density at radius 1 is 0.789 bits per heavy atom.